The Morgan fingerprint density at radius 1 is 1.04 bits per heavy atom. The van der Waals surface area contributed by atoms with Gasteiger partial charge in [0, 0.05) is 16.0 Å². The zero-order valence-corrected chi connectivity index (χ0v) is 15.1. The van der Waals surface area contributed by atoms with E-state index in [-0.39, 0.29) is 5.91 Å². The van der Waals surface area contributed by atoms with E-state index in [2.05, 4.69) is 5.32 Å². The molecule has 0 aliphatic rings. The average Bonchev–Trinajstić information content (AvgIpc) is 2.81. The summed E-state index contributed by atoms with van der Waals surface area (Å²) in [5.74, 6) is 0.169. The maximum Gasteiger partial charge on any atom is 0.256 e. The number of nitrogens with one attached hydrogen (secondary N) is 1. The molecule has 0 aliphatic carbocycles. The molecule has 2 amide bonds. The van der Waals surface area contributed by atoms with Gasteiger partial charge in [0.1, 0.15) is 16.5 Å². The first kappa shape index (κ1) is 17.8. The minimum absolute atomic E-state index is 0.344. The van der Waals surface area contributed by atoms with Gasteiger partial charge in [-0.1, -0.05) is 0 Å². The molecule has 0 radical (unpaired) electrons. The molecule has 24 heavy (non-hydrogen) atoms. The van der Waals surface area contributed by atoms with Gasteiger partial charge in [0.05, 0.1) is 19.8 Å². The van der Waals surface area contributed by atoms with E-state index in [0.29, 0.717) is 27.6 Å². The zero-order valence-electron chi connectivity index (χ0n) is 14.3. The quantitative estimate of drug-likeness (QED) is 0.869. The van der Waals surface area contributed by atoms with Crippen LogP contribution in [0.4, 0.5) is 5.00 Å². The SMILES string of the molecule is COc1cc(C(=O)Nc2sc(C)c(C)c2C(N)=O)cc(OC)c1C. The minimum Gasteiger partial charge on any atom is -0.496 e. The van der Waals surface area contributed by atoms with Crippen LogP contribution in [0.5, 0.6) is 11.5 Å². The number of primary amides is 1. The van der Waals surface area contributed by atoms with E-state index in [1.54, 1.807) is 19.1 Å². The predicted octanol–water partition coefficient (Wildman–Crippen LogP) is 3.04. The molecule has 0 spiro atoms. The third kappa shape index (κ3) is 3.21. The highest BCUT2D eigenvalue weighted by atomic mass is 32.1. The Bertz CT molecular complexity index is 786. The molecule has 0 saturated carbocycles. The molecular weight excluding hydrogens is 328 g/mol. The molecule has 0 unspecified atom stereocenters. The number of methoxy groups -OCH3 is 2. The van der Waals surface area contributed by atoms with Gasteiger partial charge in [-0.05, 0) is 38.5 Å². The fourth-order valence-corrected chi connectivity index (χ4v) is 3.47. The molecule has 0 bridgehead atoms. The van der Waals surface area contributed by atoms with Crippen molar-refractivity contribution in [1.82, 2.24) is 0 Å². The van der Waals surface area contributed by atoms with Crippen LogP contribution < -0.4 is 20.5 Å². The number of amides is 2. The van der Waals surface area contributed by atoms with Crippen molar-refractivity contribution in [2.75, 3.05) is 19.5 Å². The first-order valence-corrected chi connectivity index (χ1v) is 8.05. The largest absolute Gasteiger partial charge is 0.496 e. The second-order valence-electron chi connectivity index (χ2n) is 5.31. The lowest BCUT2D eigenvalue weighted by molar-refractivity contribution is 0.100. The van der Waals surface area contributed by atoms with Crippen LogP contribution in [0.25, 0.3) is 0 Å². The molecule has 0 saturated heterocycles. The highest BCUT2D eigenvalue weighted by molar-refractivity contribution is 7.16. The molecule has 0 fully saturated rings. The van der Waals surface area contributed by atoms with Crippen LogP contribution in [0.15, 0.2) is 12.1 Å². The molecular formula is C17H20N2O4S. The molecule has 0 aliphatic heterocycles. The van der Waals surface area contributed by atoms with Crippen LogP contribution in [-0.4, -0.2) is 26.0 Å². The normalized spacial score (nSPS) is 10.4. The first-order valence-electron chi connectivity index (χ1n) is 7.23. The van der Waals surface area contributed by atoms with E-state index in [9.17, 15) is 9.59 Å². The molecule has 1 aromatic carbocycles. The summed E-state index contributed by atoms with van der Waals surface area (Å²) in [6.07, 6.45) is 0. The van der Waals surface area contributed by atoms with E-state index < -0.39 is 5.91 Å². The number of nitrogens with two attached hydrogens (primary N) is 1. The van der Waals surface area contributed by atoms with Gasteiger partial charge in [0.15, 0.2) is 0 Å². The first-order chi connectivity index (χ1) is 11.3. The van der Waals surface area contributed by atoms with Gasteiger partial charge in [-0.25, -0.2) is 0 Å². The maximum absolute atomic E-state index is 12.6. The fraction of sp³-hybridized carbons (Fsp3) is 0.294. The van der Waals surface area contributed by atoms with Gasteiger partial charge >= 0.3 is 0 Å². The molecule has 7 heteroatoms. The predicted molar refractivity (Wildman–Crippen MR) is 94.5 cm³/mol. The van der Waals surface area contributed by atoms with Gasteiger partial charge in [0.25, 0.3) is 11.8 Å². The monoisotopic (exact) mass is 348 g/mol. The Hall–Kier alpha value is -2.54. The van der Waals surface area contributed by atoms with Crippen LogP contribution in [0.3, 0.4) is 0 Å². The van der Waals surface area contributed by atoms with E-state index in [0.717, 1.165) is 16.0 Å². The Labute approximate surface area is 144 Å². The summed E-state index contributed by atoms with van der Waals surface area (Å²) in [5.41, 5.74) is 7.73. The second-order valence-corrected chi connectivity index (χ2v) is 6.54. The summed E-state index contributed by atoms with van der Waals surface area (Å²) in [6, 6.07) is 3.26. The van der Waals surface area contributed by atoms with E-state index in [1.807, 2.05) is 13.8 Å². The molecule has 3 N–H and O–H groups in total. The lowest BCUT2D eigenvalue weighted by Crippen LogP contribution is -2.17. The van der Waals surface area contributed by atoms with Gasteiger partial charge in [-0.3, -0.25) is 9.59 Å². The van der Waals surface area contributed by atoms with Crippen LogP contribution >= 0.6 is 11.3 Å². The number of rotatable bonds is 5. The summed E-state index contributed by atoms with van der Waals surface area (Å²) in [4.78, 5) is 25.2. The standard InChI is InChI=1S/C17H20N2O4S/c1-8-10(3)24-17(14(8)15(18)20)19-16(21)11-6-12(22-4)9(2)13(7-11)23-5/h6-7H,1-5H3,(H2,18,20)(H,19,21). The summed E-state index contributed by atoms with van der Waals surface area (Å²) in [6.45, 7) is 5.52. The molecule has 1 heterocycles. The van der Waals surface area contributed by atoms with Gasteiger partial charge in [-0.2, -0.15) is 0 Å². The number of benzene rings is 1. The topological polar surface area (TPSA) is 90.6 Å². The number of carbonyl (C=O) groups is 2. The minimum atomic E-state index is -0.564. The van der Waals surface area contributed by atoms with Gasteiger partial charge in [0.2, 0.25) is 0 Å². The summed E-state index contributed by atoms with van der Waals surface area (Å²) >= 11 is 1.32. The van der Waals surface area contributed by atoms with Crippen molar-refractivity contribution in [2.45, 2.75) is 20.8 Å². The van der Waals surface area contributed by atoms with E-state index >= 15 is 0 Å². The van der Waals surface area contributed by atoms with Crippen molar-refractivity contribution in [3.05, 3.63) is 39.3 Å². The van der Waals surface area contributed by atoms with Crippen LogP contribution in [-0.2, 0) is 0 Å². The third-order valence-corrected chi connectivity index (χ3v) is 5.00. The van der Waals surface area contributed by atoms with Crippen molar-refractivity contribution < 1.29 is 19.1 Å². The van der Waals surface area contributed by atoms with Crippen molar-refractivity contribution in [1.29, 1.82) is 0 Å². The molecule has 6 nitrogen and oxygen atoms in total. The lowest BCUT2D eigenvalue weighted by Gasteiger charge is -2.12. The molecule has 2 rings (SSSR count). The van der Waals surface area contributed by atoms with Crippen molar-refractivity contribution in [2.24, 2.45) is 5.73 Å². The van der Waals surface area contributed by atoms with Crippen LogP contribution in [0.1, 0.15) is 36.7 Å². The van der Waals surface area contributed by atoms with Gasteiger partial charge in [-0.15, -0.1) is 11.3 Å². The third-order valence-electron chi connectivity index (χ3n) is 3.87. The number of hydrogen-bond donors (Lipinski definition) is 2. The second kappa shape index (κ2) is 6.92. The number of ether oxygens (including phenoxy) is 2. The van der Waals surface area contributed by atoms with Gasteiger partial charge < -0.3 is 20.5 Å². The Morgan fingerprint density at radius 3 is 2.04 bits per heavy atom. The zero-order chi connectivity index (χ0) is 18.0. The maximum atomic E-state index is 12.6. The molecule has 128 valence electrons. The summed E-state index contributed by atoms with van der Waals surface area (Å²) < 4.78 is 10.6. The van der Waals surface area contributed by atoms with Crippen molar-refractivity contribution in [3.63, 3.8) is 0 Å². The number of carbonyl (C=O) groups excluding carboxylic acids is 2. The van der Waals surface area contributed by atoms with E-state index in [4.69, 9.17) is 15.2 Å². The summed E-state index contributed by atoms with van der Waals surface area (Å²) in [5, 5.41) is 3.20. The molecule has 1 aromatic heterocycles. The van der Waals surface area contributed by atoms with E-state index in [1.165, 1.54) is 25.6 Å². The number of aryl methyl sites for hydroxylation is 1. The highest BCUT2D eigenvalue weighted by Gasteiger charge is 2.20. The Morgan fingerprint density at radius 2 is 1.58 bits per heavy atom. The van der Waals surface area contributed by atoms with Crippen LogP contribution in [0.2, 0.25) is 0 Å². The summed E-state index contributed by atoms with van der Waals surface area (Å²) in [7, 11) is 3.06. The fourth-order valence-electron chi connectivity index (χ4n) is 2.40. The lowest BCUT2D eigenvalue weighted by atomic mass is 10.1. The Kier molecular flexibility index (Phi) is 5.14. The van der Waals surface area contributed by atoms with Crippen molar-refractivity contribution in [3.8, 4) is 11.5 Å². The molecule has 2 aromatic rings. The number of anilines is 1. The average molecular weight is 348 g/mol. The smallest absolute Gasteiger partial charge is 0.256 e. The Balaban J connectivity index is 2.41. The highest BCUT2D eigenvalue weighted by Crippen LogP contribution is 2.34. The molecule has 0 atom stereocenters. The number of thiophene rings is 1. The van der Waals surface area contributed by atoms with Crippen LogP contribution in [0, 0.1) is 20.8 Å². The van der Waals surface area contributed by atoms with Crippen molar-refractivity contribution >= 4 is 28.2 Å². The number of hydrogen-bond acceptors (Lipinski definition) is 5.